The molecule has 0 fully saturated rings. The number of hydrogen-bond acceptors (Lipinski definition) is 6. The number of amides is 2. The van der Waals surface area contributed by atoms with Crippen LogP contribution in [0.3, 0.4) is 0 Å². The molecule has 0 aliphatic rings. The topological polar surface area (TPSA) is 108 Å². The Morgan fingerprint density at radius 2 is 1.83 bits per heavy atom. The fourth-order valence-electron chi connectivity index (χ4n) is 2.98. The van der Waals surface area contributed by atoms with Gasteiger partial charge in [0.05, 0.1) is 24.1 Å². The average molecular weight is 417 g/mol. The smallest absolute Gasteiger partial charge is 0.254 e. The third-order valence-corrected chi connectivity index (χ3v) is 5.64. The molecule has 3 aromatic rings. The van der Waals surface area contributed by atoms with Gasteiger partial charge in [0.1, 0.15) is 5.82 Å². The Hall–Kier alpha value is -2.75. The number of benzene rings is 1. The highest BCUT2D eigenvalue weighted by molar-refractivity contribution is 7.11. The summed E-state index contributed by atoms with van der Waals surface area (Å²) in [4.78, 5) is 31.4. The van der Waals surface area contributed by atoms with Crippen molar-refractivity contribution >= 4 is 34.2 Å². The van der Waals surface area contributed by atoms with Gasteiger partial charge in [0.2, 0.25) is 0 Å². The number of imidazole rings is 1. The summed E-state index contributed by atoms with van der Waals surface area (Å²) in [6.45, 7) is 2.84. The summed E-state index contributed by atoms with van der Waals surface area (Å²) < 4.78 is 2.14. The fourth-order valence-corrected chi connectivity index (χ4v) is 3.92. The number of thiophene rings is 1. The van der Waals surface area contributed by atoms with E-state index in [0.717, 1.165) is 31.5 Å². The number of carbonyl (C=O) groups is 2. The van der Waals surface area contributed by atoms with Crippen molar-refractivity contribution in [2.24, 2.45) is 0 Å². The lowest BCUT2D eigenvalue weighted by Gasteiger charge is -2.19. The minimum absolute atomic E-state index is 0.201. The second-order valence-corrected chi connectivity index (χ2v) is 8.19. The molecule has 0 spiro atoms. The molecule has 0 bridgehead atoms. The minimum Gasteiger partial charge on any atom is -0.380 e. The maximum atomic E-state index is 12.0. The van der Waals surface area contributed by atoms with Crippen molar-refractivity contribution in [3.8, 4) is 0 Å². The Morgan fingerprint density at radius 1 is 1.14 bits per heavy atom. The van der Waals surface area contributed by atoms with E-state index in [1.54, 1.807) is 0 Å². The molecule has 2 aromatic heterocycles. The summed E-state index contributed by atoms with van der Waals surface area (Å²) >= 11 is 1.54. The van der Waals surface area contributed by atoms with Gasteiger partial charge in [-0.25, -0.2) is 4.98 Å². The van der Waals surface area contributed by atoms with E-state index in [1.165, 1.54) is 25.4 Å². The Kier molecular flexibility index (Phi) is 6.31. The molecular weight excluding hydrogens is 392 g/mol. The predicted octanol–water partition coefficient (Wildman–Crippen LogP) is 0.881. The summed E-state index contributed by atoms with van der Waals surface area (Å²) in [6.07, 6.45) is -3.61. The molecule has 154 valence electrons. The number of para-hydroxylation sites is 2. The molecule has 3 rings (SSSR count). The van der Waals surface area contributed by atoms with Crippen molar-refractivity contribution in [3.63, 3.8) is 0 Å². The van der Waals surface area contributed by atoms with Crippen LogP contribution >= 0.6 is 11.3 Å². The lowest BCUT2D eigenvalue weighted by atomic mass is 10.1. The van der Waals surface area contributed by atoms with Gasteiger partial charge in [-0.05, 0) is 31.2 Å². The zero-order valence-corrected chi connectivity index (χ0v) is 17.3. The quantitative estimate of drug-likeness (QED) is 0.530. The number of nitrogens with zero attached hydrogens (tertiary/aromatic N) is 3. The molecule has 1 aromatic carbocycles. The van der Waals surface area contributed by atoms with Gasteiger partial charge in [0, 0.05) is 23.8 Å². The van der Waals surface area contributed by atoms with E-state index in [0.29, 0.717) is 6.54 Å². The largest absolute Gasteiger partial charge is 0.380 e. The molecule has 9 heteroatoms. The summed E-state index contributed by atoms with van der Waals surface area (Å²) in [5.74, 6) is -0.592. The molecule has 2 amide bonds. The number of aliphatic hydroxyl groups is 2. The molecule has 0 radical (unpaired) electrons. The number of aliphatic hydroxyl groups excluding tert-OH is 2. The Labute approximate surface area is 172 Å². The van der Waals surface area contributed by atoms with E-state index in [-0.39, 0.29) is 6.54 Å². The highest BCUT2D eigenvalue weighted by atomic mass is 32.1. The van der Waals surface area contributed by atoms with Crippen molar-refractivity contribution in [1.82, 2.24) is 19.8 Å². The van der Waals surface area contributed by atoms with Gasteiger partial charge in [-0.1, -0.05) is 12.1 Å². The van der Waals surface area contributed by atoms with Crippen LogP contribution < -0.4 is 5.32 Å². The van der Waals surface area contributed by atoms with Gasteiger partial charge in [0.25, 0.3) is 11.8 Å². The van der Waals surface area contributed by atoms with Crippen LogP contribution in [-0.4, -0.2) is 62.8 Å². The van der Waals surface area contributed by atoms with Gasteiger partial charge in [-0.15, -0.1) is 11.3 Å². The molecular formula is C20H24N4O4S. The normalized spacial score (nSPS) is 13.3. The minimum atomic E-state index is -1.82. The summed E-state index contributed by atoms with van der Waals surface area (Å²) in [6, 6.07) is 11.9. The standard InChI is InChI=1S/C20H24N4O4S/c1-12-22-15-6-4-5-7-16(15)24(12)11-14-9-8-13(29-14)10-21-19(27)17(25)18(26)20(28)23(2)3/h4-9,17-18,25-26H,10-11H2,1-3H3,(H,21,27). The Balaban J connectivity index is 1.61. The number of likely N-dealkylation sites (N-methyl/N-ethyl adjacent to an activating group) is 1. The van der Waals surface area contributed by atoms with Gasteiger partial charge in [-0.2, -0.15) is 0 Å². The zero-order chi connectivity index (χ0) is 21.1. The molecule has 3 N–H and O–H groups in total. The lowest BCUT2D eigenvalue weighted by molar-refractivity contribution is -0.151. The Morgan fingerprint density at radius 3 is 2.55 bits per heavy atom. The van der Waals surface area contributed by atoms with Crippen LogP contribution in [0.5, 0.6) is 0 Å². The first-order valence-corrected chi connectivity index (χ1v) is 9.94. The molecule has 0 saturated heterocycles. The van der Waals surface area contributed by atoms with Crippen LogP contribution in [0.15, 0.2) is 36.4 Å². The third-order valence-electron chi connectivity index (χ3n) is 4.58. The molecule has 2 unspecified atom stereocenters. The first kappa shape index (κ1) is 21.0. The van der Waals surface area contributed by atoms with E-state index < -0.39 is 24.0 Å². The van der Waals surface area contributed by atoms with Crippen molar-refractivity contribution in [1.29, 1.82) is 0 Å². The number of carbonyl (C=O) groups excluding carboxylic acids is 2. The lowest BCUT2D eigenvalue weighted by Crippen LogP contribution is -2.48. The average Bonchev–Trinajstić information content (AvgIpc) is 3.28. The van der Waals surface area contributed by atoms with Crippen LogP contribution in [0.4, 0.5) is 0 Å². The van der Waals surface area contributed by atoms with Crippen LogP contribution in [-0.2, 0) is 22.7 Å². The van der Waals surface area contributed by atoms with E-state index in [9.17, 15) is 19.8 Å². The number of aromatic nitrogens is 2. The first-order chi connectivity index (χ1) is 13.8. The molecule has 0 aliphatic carbocycles. The number of rotatable bonds is 7. The second kappa shape index (κ2) is 8.73. The maximum absolute atomic E-state index is 12.0. The van der Waals surface area contributed by atoms with Crippen molar-refractivity contribution < 1.29 is 19.8 Å². The third kappa shape index (κ3) is 4.64. The Bertz CT molecular complexity index is 1030. The fraction of sp³-hybridized carbons (Fsp3) is 0.350. The summed E-state index contributed by atoms with van der Waals surface area (Å²) in [5, 5.41) is 22.2. The second-order valence-electron chi connectivity index (χ2n) is 6.94. The zero-order valence-electron chi connectivity index (χ0n) is 16.5. The number of fused-ring (bicyclic) bond motifs is 1. The van der Waals surface area contributed by atoms with Crippen LogP contribution in [0.2, 0.25) is 0 Å². The van der Waals surface area contributed by atoms with E-state index in [2.05, 4.69) is 14.9 Å². The van der Waals surface area contributed by atoms with Crippen molar-refractivity contribution in [2.45, 2.75) is 32.2 Å². The van der Waals surface area contributed by atoms with E-state index >= 15 is 0 Å². The number of hydrogen-bond donors (Lipinski definition) is 3. The molecule has 29 heavy (non-hydrogen) atoms. The van der Waals surface area contributed by atoms with Crippen LogP contribution in [0.1, 0.15) is 15.6 Å². The highest BCUT2D eigenvalue weighted by Gasteiger charge is 2.31. The molecule has 2 atom stereocenters. The van der Waals surface area contributed by atoms with Crippen LogP contribution in [0, 0.1) is 6.92 Å². The molecule has 0 aliphatic heterocycles. The van der Waals surface area contributed by atoms with Crippen LogP contribution in [0.25, 0.3) is 11.0 Å². The van der Waals surface area contributed by atoms with E-state index in [1.807, 2.05) is 43.3 Å². The SMILES string of the molecule is Cc1nc2ccccc2n1Cc1ccc(CNC(=O)C(O)C(O)C(=O)N(C)C)s1. The van der Waals surface area contributed by atoms with Gasteiger partial charge < -0.3 is 25.0 Å². The van der Waals surface area contributed by atoms with Crippen molar-refractivity contribution in [3.05, 3.63) is 52.0 Å². The van der Waals surface area contributed by atoms with Gasteiger partial charge >= 0.3 is 0 Å². The van der Waals surface area contributed by atoms with Gasteiger partial charge in [0.15, 0.2) is 12.2 Å². The monoisotopic (exact) mass is 416 g/mol. The number of aryl methyl sites for hydroxylation is 1. The van der Waals surface area contributed by atoms with Gasteiger partial charge in [-0.3, -0.25) is 9.59 Å². The summed E-state index contributed by atoms with van der Waals surface area (Å²) in [5.41, 5.74) is 2.02. The molecule has 0 saturated carbocycles. The van der Waals surface area contributed by atoms with E-state index in [4.69, 9.17) is 0 Å². The summed E-state index contributed by atoms with van der Waals surface area (Å²) in [7, 11) is 2.88. The maximum Gasteiger partial charge on any atom is 0.254 e. The first-order valence-electron chi connectivity index (χ1n) is 9.12. The predicted molar refractivity (Wildman–Crippen MR) is 110 cm³/mol. The highest BCUT2D eigenvalue weighted by Crippen LogP contribution is 2.22. The number of nitrogens with one attached hydrogen (secondary N) is 1. The van der Waals surface area contributed by atoms with Crippen molar-refractivity contribution in [2.75, 3.05) is 14.1 Å². The molecule has 8 nitrogen and oxygen atoms in total. The molecule has 2 heterocycles.